The van der Waals surface area contributed by atoms with Gasteiger partial charge in [-0.05, 0) is 25.1 Å². The minimum Gasteiger partial charge on any atom is -0.383 e. The number of nitrogens with one attached hydrogen (secondary N) is 1. The maximum Gasteiger partial charge on any atom is 0.417 e. The Morgan fingerprint density at radius 2 is 1.89 bits per heavy atom. The maximum atomic E-state index is 12.9. The molecule has 37 heavy (non-hydrogen) atoms. The van der Waals surface area contributed by atoms with Crippen LogP contribution >= 0.6 is 0 Å². The molecule has 0 aliphatic heterocycles. The van der Waals surface area contributed by atoms with Gasteiger partial charge in [0.25, 0.3) is 0 Å². The van der Waals surface area contributed by atoms with Crippen LogP contribution < -0.4 is 11.1 Å². The van der Waals surface area contributed by atoms with Gasteiger partial charge in [-0.15, -0.1) is 0 Å². The van der Waals surface area contributed by atoms with E-state index in [1.807, 2.05) is 0 Å². The topological polar surface area (TPSA) is 128 Å². The number of nitrogen functional groups attached to an aromatic ring is 1. The summed E-state index contributed by atoms with van der Waals surface area (Å²) >= 11 is 0. The molecule has 200 valence electrons. The van der Waals surface area contributed by atoms with E-state index >= 15 is 0 Å². The van der Waals surface area contributed by atoms with Gasteiger partial charge >= 0.3 is 18.0 Å². The van der Waals surface area contributed by atoms with Gasteiger partial charge in [0, 0.05) is 27.4 Å². The minimum absolute atomic E-state index is 0.120. The molecule has 3 rings (SSSR count). The van der Waals surface area contributed by atoms with E-state index in [0.717, 1.165) is 12.1 Å². The van der Waals surface area contributed by atoms with Gasteiger partial charge in [0.2, 0.25) is 0 Å². The third-order valence-corrected chi connectivity index (χ3v) is 7.23. The molecule has 2 amide bonds. The molecule has 3 aromatic rings. The molecule has 0 bridgehead atoms. The number of aromatic nitrogens is 4. The molecule has 0 fully saturated rings. The maximum absolute atomic E-state index is 12.9. The Morgan fingerprint density at radius 3 is 2.49 bits per heavy atom. The highest BCUT2D eigenvalue weighted by atomic mass is 28.3. The van der Waals surface area contributed by atoms with E-state index in [1.165, 1.54) is 28.0 Å². The summed E-state index contributed by atoms with van der Waals surface area (Å²) in [5.74, 6) is -1.63. The molecule has 3 aromatic heterocycles. The Kier molecular flexibility index (Phi) is 8.53. The van der Waals surface area contributed by atoms with Gasteiger partial charge in [-0.25, -0.2) is 9.67 Å². The summed E-state index contributed by atoms with van der Waals surface area (Å²) in [6.45, 7) is 9.03. The average molecular weight is 538 g/mol. The van der Waals surface area contributed by atoms with Crippen molar-refractivity contribution in [3.8, 4) is 0 Å². The Bertz CT molecular complexity index is 1260. The van der Waals surface area contributed by atoms with Gasteiger partial charge in [-0.3, -0.25) is 14.6 Å². The summed E-state index contributed by atoms with van der Waals surface area (Å²) < 4.78 is 45.6. The van der Waals surface area contributed by atoms with Gasteiger partial charge in [0.15, 0.2) is 0 Å². The number of fused-ring (bicyclic) bond motifs is 1. The van der Waals surface area contributed by atoms with Crippen LogP contribution in [0.1, 0.15) is 18.2 Å². The first kappa shape index (κ1) is 28.1. The highest BCUT2D eigenvalue weighted by molar-refractivity contribution is 6.76. The van der Waals surface area contributed by atoms with E-state index in [0.29, 0.717) is 23.7 Å². The van der Waals surface area contributed by atoms with Crippen molar-refractivity contribution < 1.29 is 27.5 Å². The molecule has 0 unspecified atom stereocenters. The van der Waals surface area contributed by atoms with Gasteiger partial charge in [-0.2, -0.15) is 18.3 Å². The number of nitrogens with zero attached hydrogens (tertiary/aromatic N) is 5. The number of amides is 2. The molecule has 0 spiro atoms. The molecule has 3 N–H and O–H groups in total. The average Bonchev–Trinajstić information content (AvgIpc) is 3.26. The molecular formula is C23H30F3N7O3Si. The van der Waals surface area contributed by atoms with Crippen LogP contribution in [0.5, 0.6) is 0 Å². The van der Waals surface area contributed by atoms with E-state index in [1.54, 1.807) is 6.92 Å². The van der Waals surface area contributed by atoms with Crippen molar-refractivity contribution in [1.29, 1.82) is 0 Å². The number of rotatable bonds is 9. The van der Waals surface area contributed by atoms with Crippen molar-refractivity contribution in [1.82, 2.24) is 24.6 Å². The van der Waals surface area contributed by atoms with Crippen molar-refractivity contribution >= 4 is 42.3 Å². The SMILES string of the molecule is CCN(Cc1ccc(C(F)(F)F)cn1)C(=O)C(=O)Nc1cnc(N)c2cnn(COCC[Si](C)(C)C)c12. The molecule has 0 saturated heterocycles. The van der Waals surface area contributed by atoms with Crippen LogP contribution in [-0.4, -0.2) is 57.7 Å². The van der Waals surface area contributed by atoms with Gasteiger partial charge < -0.3 is 20.7 Å². The second kappa shape index (κ2) is 11.3. The number of likely N-dealkylation sites (N-methyl/N-ethyl adjacent to an activating group) is 1. The Morgan fingerprint density at radius 1 is 1.16 bits per heavy atom. The smallest absolute Gasteiger partial charge is 0.383 e. The van der Waals surface area contributed by atoms with Crippen LogP contribution in [0.25, 0.3) is 10.9 Å². The third-order valence-electron chi connectivity index (χ3n) is 5.53. The van der Waals surface area contributed by atoms with Crippen molar-refractivity contribution in [3.05, 3.63) is 42.0 Å². The largest absolute Gasteiger partial charge is 0.417 e. The lowest BCUT2D eigenvalue weighted by molar-refractivity contribution is -0.143. The summed E-state index contributed by atoms with van der Waals surface area (Å²) in [5, 5.41) is 7.32. The quantitative estimate of drug-likeness (QED) is 0.242. The summed E-state index contributed by atoms with van der Waals surface area (Å²) in [6.07, 6.45) is -0.990. The minimum atomic E-state index is -4.52. The normalized spacial score (nSPS) is 12.1. The van der Waals surface area contributed by atoms with Crippen LogP contribution in [-0.2, 0) is 33.8 Å². The van der Waals surface area contributed by atoms with Crippen LogP contribution in [0.15, 0.2) is 30.7 Å². The Hall–Kier alpha value is -3.52. The number of ether oxygens (including phenoxy) is 1. The van der Waals surface area contributed by atoms with Crippen LogP contribution in [0.3, 0.4) is 0 Å². The fourth-order valence-corrected chi connectivity index (χ4v) is 4.12. The van der Waals surface area contributed by atoms with Crippen molar-refractivity contribution in [2.45, 2.75) is 52.1 Å². The zero-order valence-corrected chi connectivity index (χ0v) is 22.1. The zero-order valence-electron chi connectivity index (χ0n) is 21.1. The van der Waals surface area contributed by atoms with Gasteiger partial charge in [0.05, 0.1) is 46.8 Å². The first-order valence-corrected chi connectivity index (χ1v) is 15.3. The first-order chi connectivity index (χ1) is 17.3. The lowest BCUT2D eigenvalue weighted by Crippen LogP contribution is -2.39. The second-order valence-corrected chi connectivity index (χ2v) is 15.2. The zero-order chi connectivity index (χ0) is 27.4. The molecule has 0 aromatic carbocycles. The van der Waals surface area contributed by atoms with Crippen molar-refractivity contribution in [2.75, 3.05) is 24.2 Å². The second-order valence-electron chi connectivity index (χ2n) is 9.62. The molecule has 0 saturated carbocycles. The van der Waals surface area contributed by atoms with E-state index in [-0.39, 0.29) is 37.0 Å². The van der Waals surface area contributed by atoms with Crippen molar-refractivity contribution in [2.24, 2.45) is 0 Å². The number of carbonyl (C=O) groups excluding carboxylic acids is 2. The Labute approximate surface area is 213 Å². The first-order valence-electron chi connectivity index (χ1n) is 11.6. The van der Waals surface area contributed by atoms with Crippen molar-refractivity contribution in [3.63, 3.8) is 0 Å². The predicted octanol–water partition coefficient (Wildman–Crippen LogP) is 3.73. The fourth-order valence-electron chi connectivity index (χ4n) is 3.37. The highest BCUT2D eigenvalue weighted by Crippen LogP contribution is 2.29. The summed E-state index contributed by atoms with van der Waals surface area (Å²) in [5.41, 5.74) is 5.95. The standard InChI is InChI=1S/C23H30F3N7O3Si/c1-5-32(13-16-7-6-15(10-28-16)23(24,25)26)22(35)21(34)31-18-12-29-20(27)17-11-30-33(19(17)18)14-36-8-9-37(2,3)4/h6-7,10-12H,5,8-9,13-14H2,1-4H3,(H2,27,29)(H,31,34). The van der Waals surface area contributed by atoms with E-state index in [2.05, 4.69) is 40.0 Å². The molecule has 14 heteroatoms. The molecule has 10 nitrogen and oxygen atoms in total. The number of anilines is 2. The Balaban J connectivity index is 1.74. The number of nitrogens with two attached hydrogens (primary N) is 1. The van der Waals surface area contributed by atoms with E-state index < -0.39 is 31.6 Å². The lowest BCUT2D eigenvalue weighted by atomic mass is 10.2. The number of pyridine rings is 2. The fraction of sp³-hybridized carbons (Fsp3) is 0.435. The third kappa shape index (κ3) is 7.26. The van der Waals surface area contributed by atoms with Crippen LogP contribution in [0.2, 0.25) is 25.7 Å². The molecule has 0 aliphatic rings. The monoisotopic (exact) mass is 537 g/mol. The number of hydrogen-bond acceptors (Lipinski definition) is 7. The lowest BCUT2D eigenvalue weighted by Gasteiger charge is -2.20. The van der Waals surface area contributed by atoms with E-state index in [9.17, 15) is 22.8 Å². The van der Waals surface area contributed by atoms with Crippen LogP contribution in [0, 0.1) is 0 Å². The number of alkyl halides is 3. The molecule has 0 atom stereocenters. The van der Waals surface area contributed by atoms with Crippen LogP contribution in [0.4, 0.5) is 24.7 Å². The predicted molar refractivity (Wildman–Crippen MR) is 135 cm³/mol. The van der Waals surface area contributed by atoms with Gasteiger partial charge in [0.1, 0.15) is 12.5 Å². The van der Waals surface area contributed by atoms with E-state index in [4.69, 9.17) is 10.5 Å². The molecule has 0 aliphatic carbocycles. The summed E-state index contributed by atoms with van der Waals surface area (Å²) in [7, 11) is -1.28. The van der Waals surface area contributed by atoms with Gasteiger partial charge in [-0.1, -0.05) is 19.6 Å². The molecular weight excluding hydrogens is 507 g/mol. The molecule has 0 radical (unpaired) electrons. The summed E-state index contributed by atoms with van der Waals surface area (Å²) in [4.78, 5) is 34.7. The number of hydrogen-bond donors (Lipinski definition) is 2. The number of carbonyl (C=O) groups is 2. The molecule has 3 heterocycles. The highest BCUT2D eigenvalue weighted by Gasteiger charge is 2.31. The summed E-state index contributed by atoms with van der Waals surface area (Å²) in [6, 6.07) is 3.02. The number of halogens is 3.